The topological polar surface area (TPSA) is 61.7 Å². The van der Waals surface area contributed by atoms with E-state index in [4.69, 9.17) is 16.8 Å². The molecule has 0 saturated heterocycles. The molecule has 0 radical (unpaired) electrons. The van der Waals surface area contributed by atoms with Gasteiger partial charge in [0, 0.05) is 10.7 Å². The third kappa shape index (κ3) is 3.13. The average Bonchev–Trinajstić information content (AvgIpc) is 2.09. The van der Waals surface area contributed by atoms with Crippen molar-refractivity contribution >= 4 is 29.4 Å². The molecule has 0 unspecified atom stereocenters. The second kappa shape index (κ2) is 4.47. The van der Waals surface area contributed by atoms with Crippen LogP contribution in [-0.4, -0.2) is 17.3 Å². The normalized spacial score (nSPS) is 10.2. The van der Waals surface area contributed by atoms with Gasteiger partial charge in [-0.1, -0.05) is 16.8 Å². The van der Waals surface area contributed by atoms with E-state index in [1.54, 1.807) is 24.3 Å². The smallest absolute Gasteiger partial charge is 0.270 e. The van der Waals surface area contributed by atoms with Gasteiger partial charge in [-0.05, 0) is 24.3 Å². The molecule has 0 saturated carbocycles. The summed E-state index contributed by atoms with van der Waals surface area (Å²) in [5.74, 6) is -0.496. The Morgan fingerprint density at radius 3 is 2.62 bits per heavy atom. The van der Waals surface area contributed by atoms with Gasteiger partial charge in [0.15, 0.2) is 0 Å². The van der Waals surface area contributed by atoms with E-state index in [0.717, 1.165) is 6.21 Å². The van der Waals surface area contributed by atoms with Gasteiger partial charge in [0.05, 0.1) is 0 Å². The second-order valence-corrected chi connectivity index (χ2v) is 2.68. The first kappa shape index (κ1) is 9.54. The van der Waals surface area contributed by atoms with Gasteiger partial charge in [0.25, 0.3) is 5.91 Å². The van der Waals surface area contributed by atoms with Crippen molar-refractivity contribution in [2.75, 3.05) is 5.32 Å². The monoisotopic (exact) mass is 198 g/mol. The number of halogens is 1. The molecule has 0 bridgehead atoms. The number of hydrogen-bond acceptors (Lipinski definition) is 3. The van der Waals surface area contributed by atoms with Crippen molar-refractivity contribution in [3.63, 3.8) is 0 Å². The Balaban J connectivity index is 2.64. The maximum Gasteiger partial charge on any atom is 0.270 e. The molecule has 1 aromatic carbocycles. The lowest BCUT2D eigenvalue weighted by Gasteiger charge is -1.99. The summed E-state index contributed by atoms with van der Waals surface area (Å²) < 4.78 is 0. The number of nitrogens with one attached hydrogen (secondary N) is 1. The summed E-state index contributed by atoms with van der Waals surface area (Å²) in [7, 11) is 0. The number of nitrogens with zero attached hydrogens (tertiary/aromatic N) is 1. The first-order valence-corrected chi connectivity index (χ1v) is 3.84. The predicted octanol–water partition coefficient (Wildman–Crippen LogP) is 1.74. The van der Waals surface area contributed by atoms with Gasteiger partial charge in [-0.15, -0.1) is 0 Å². The van der Waals surface area contributed by atoms with E-state index in [2.05, 4.69) is 10.5 Å². The highest BCUT2D eigenvalue weighted by Gasteiger charge is 1.97. The number of anilines is 1. The van der Waals surface area contributed by atoms with Crippen LogP contribution in [0.2, 0.25) is 5.02 Å². The second-order valence-electron chi connectivity index (χ2n) is 2.24. The Morgan fingerprint density at radius 1 is 1.46 bits per heavy atom. The minimum atomic E-state index is -0.496. The lowest BCUT2D eigenvalue weighted by Crippen LogP contribution is -2.12. The fraction of sp³-hybridized carbons (Fsp3) is 0. The van der Waals surface area contributed by atoms with Gasteiger partial charge < -0.3 is 10.5 Å². The van der Waals surface area contributed by atoms with Crippen LogP contribution in [0.25, 0.3) is 0 Å². The SMILES string of the molecule is O=C(C=NO)Nc1ccc(Cl)cc1. The molecule has 1 aromatic rings. The van der Waals surface area contributed by atoms with Crippen LogP contribution in [-0.2, 0) is 4.79 Å². The molecular formula is C8H7ClN2O2. The van der Waals surface area contributed by atoms with Crippen molar-refractivity contribution in [2.24, 2.45) is 5.16 Å². The summed E-state index contributed by atoms with van der Waals surface area (Å²) >= 11 is 5.63. The zero-order valence-electron chi connectivity index (χ0n) is 6.57. The highest BCUT2D eigenvalue weighted by Crippen LogP contribution is 2.12. The van der Waals surface area contributed by atoms with Crippen LogP contribution in [0.5, 0.6) is 0 Å². The van der Waals surface area contributed by atoms with Crippen molar-refractivity contribution < 1.29 is 10.0 Å². The number of hydrogen-bond donors (Lipinski definition) is 2. The lowest BCUT2D eigenvalue weighted by atomic mass is 10.3. The van der Waals surface area contributed by atoms with Gasteiger partial charge in [-0.3, -0.25) is 4.79 Å². The molecule has 2 N–H and O–H groups in total. The highest BCUT2D eigenvalue weighted by molar-refractivity contribution is 6.32. The Hall–Kier alpha value is -1.55. The van der Waals surface area contributed by atoms with Crippen LogP contribution >= 0.6 is 11.6 Å². The van der Waals surface area contributed by atoms with Gasteiger partial charge in [0.2, 0.25) is 0 Å². The minimum absolute atomic E-state index is 0.496. The number of benzene rings is 1. The van der Waals surface area contributed by atoms with E-state index in [9.17, 15) is 4.79 Å². The molecule has 5 heteroatoms. The van der Waals surface area contributed by atoms with Gasteiger partial charge >= 0.3 is 0 Å². The van der Waals surface area contributed by atoms with Crippen molar-refractivity contribution in [1.82, 2.24) is 0 Å². The van der Waals surface area contributed by atoms with Crippen LogP contribution in [0.15, 0.2) is 29.4 Å². The first-order chi connectivity index (χ1) is 6.22. The van der Waals surface area contributed by atoms with E-state index in [0.29, 0.717) is 10.7 Å². The Morgan fingerprint density at radius 2 is 2.08 bits per heavy atom. The summed E-state index contributed by atoms with van der Waals surface area (Å²) in [6.07, 6.45) is 0.772. The molecule has 0 aliphatic heterocycles. The highest BCUT2D eigenvalue weighted by atomic mass is 35.5. The Bertz CT molecular complexity index is 321. The molecular weight excluding hydrogens is 192 g/mol. The number of carbonyl (C=O) groups is 1. The van der Waals surface area contributed by atoms with E-state index >= 15 is 0 Å². The van der Waals surface area contributed by atoms with Gasteiger partial charge in [0.1, 0.15) is 6.21 Å². The molecule has 0 aliphatic carbocycles. The summed E-state index contributed by atoms with van der Waals surface area (Å²) in [5, 5.41) is 13.7. The maximum absolute atomic E-state index is 10.8. The third-order valence-electron chi connectivity index (χ3n) is 1.29. The number of amides is 1. The molecule has 68 valence electrons. The molecule has 0 spiro atoms. The quantitative estimate of drug-likeness (QED) is 0.432. The molecule has 0 aliphatic rings. The van der Waals surface area contributed by atoms with Crippen LogP contribution in [0.1, 0.15) is 0 Å². The zero-order chi connectivity index (χ0) is 9.68. The Labute approximate surface area is 79.8 Å². The molecule has 0 aromatic heterocycles. The molecule has 0 heterocycles. The fourth-order valence-electron chi connectivity index (χ4n) is 0.760. The summed E-state index contributed by atoms with van der Waals surface area (Å²) in [5.41, 5.74) is 0.592. The maximum atomic E-state index is 10.8. The van der Waals surface area contributed by atoms with Gasteiger partial charge in [-0.25, -0.2) is 0 Å². The molecule has 13 heavy (non-hydrogen) atoms. The predicted molar refractivity (Wildman–Crippen MR) is 50.4 cm³/mol. The molecule has 1 rings (SSSR count). The van der Waals surface area contributed by atoms with Crippen molar-refractivity contribution in [3.05, 3.63) is 29.3 Å². The van der Waals surface area contributed by atoms with Crippen LogP contribution < -0.4 is 5.32 Å². The third-order valence-corrected chi connectivity index (χ3v) is 1.54. The zero-order valence-corrected chi connectivity index (χ0v) is 7.32. The minimum Gasteiger partial charge on any atom is -0.411 e. The number of rotatable bonds is 2. The van der Waals surface area contributed by atoms with E-state index in [-0.39, 0.29) is 0 Å². The first-order valence-electron chi connectivity index (χ1n) is 3.46. The summed E-state index contributed by atoms with van der Waals surface area (Å²) in [6, 6.07) is 6.58. The molecule has 4 nitrogen and oxygen atoms in total. The van der Waals surface area contributed by atoms with Crippen LogP contribution in [0, 0.1) is 0 Å². The standard InChI is InChI=1S/C8H7ClN2O2/c9-6-1-3-7(4-2-6)11-8(12)5-10-13/h1-5,13H,(H,11,12). The Kier molecular flexibility index (Phi) is 3.28. The van der Waals surface area contributed by atoms with Gasteiger partial charge in [-0.2, -0.15) is 0 Å². The van der Waals surface area contributed by atoms with Crippen LogP contribution in [0.4, 0.5) is 5.69 Å². The van der Waals surface area contributed by atoms with Crippen molar-refractivity contribution in [1.29, 1.82) is 0 Å². The van der Waals surface area contributed by atoms with Crippen LogP contribution in [0.3, 0.4) is 0 Å². The largest absolute Gasteiger partial charge is 0.411 e. The molecule has 0 atom stereocenters. The summed E-state index contributed by atoms with van der Waals surface area (Å²) in [6.45, 7) is 0. The average molecular weight is 199 g/mol. The fourth-order valence-corrected chi connectivity index (χ4v) is 0.886. The number of carbonyl (C=O) groups excluding carboxylic acids is 1. The molecule has 0 fully saturated rings. The van der Waals surface area contributed by atoms with E-state index < -0.39 is 5.91 Å². The van der Waals surface area contributed by atoms with Crippen molar-refractivity contribution in [2.45, 2.75) is 0 Å². The van der Waals surface area contributed by atoms with Crippen molar-refractivity contribution in [3.8, 4) is 0 Å². The summed E-state index contributed by atoms with van der Waals surface area (Å²) in [4.78, 5) is 10.8. The van der Waals surface area contributed by atoms with E-state index in [1.165, 1.54) is 0 Å². The number of oxime groups is 1. The van der Waals surface area contributed by atoms with E-state index in [1.807, 2.05) is 0 Å². The molecule has 1 amide bonds. The lowest BCUT2D eigenvalue weighted by molar-refractivity contribution is -0.110.